The SMILES string of the molecule is CCCCCCCCCCOc1c(OCCCCCCCCCC)c2ccc(OC(C)=O)cc2oc1=O. The number of fused-ring (bicyclic) bond motifs is 1. The van der Waals surface area contributed by atoms with Crippen LogP contribution in [0.5, 0.6) is 17.2 Å². The zero-order chi connectivity index (χ0) is 26.7. The van der Waals surface area contributed by atoms with Crippen molar-refractivity contribution in [3.8, 4) is 17.2 Å². The van der Waals surface area contributed by atoms with Gasteiger partial charge in [-0.05, 0) is 25.0 Å². The van der Waals surface area contributed by atoms with Crippen LogP contribution in [0.1, 0.15) is 124 Å². The van der Waals surface area contributed by atoms with E-state index >= 15 is 0 Å². The summed E-state index contributed by atoms with van der Waals surface area (Å²) in [7, 11) is 0. The van der Waals surface area contributed by atoms with Crippen LogP contribution >= 0.6 is 0 Å². The third-order valence-corrected chi connectivity index (χ3v) is 6.54. The number of hydrogen-bond donors (Lipinski definition) is 0. The number of unbranched alkanes of at least 4 members (excludes halogenated alkanes) is 14. The van der Waals surface area contributed by atoms with E-state index in [0.29, 0.717) is 35.7 Å². The first-order valence-corrected chi connectivity index (χ1v) is 14.6. The van der Waals surface area contributed by atoms with Gasteiger partial charge in [-0.2, -0.15) is 0 Å². The Morgan fingerprint density at radius 2 is 1.19 bits per heavy atom. The third kappa shape index (κ3) is 12.1. The normalized spacial score (nSPS) is 11.1. The molecule has 0 aliphatic carbocycles. The second-order valence-electron chi connectivity index (χ2n) is 9.95. The summed E-state index contributed by atoms with van der Waals surface area (Å²) in [4.78, 5) is 24.2. The standard InChI is InChI=1S/C31H48O6/c1-4-6-8-10-12-14-16-18-22-34-29-27-21-20-26(36-25(3)32)24-28(27)37-31(33)30(29)35-23-19-17-15-13-11-9-7-5-2/h20-21,24H,4-19,22-23H2,1-3H3. The van der Waals surface area contributed by atoms with Crippen molar-refractivity contribution in [2.75, 3.05) is 13.2 Å². The van der Waals surface area contributed by atoms with Crippen LogP contribution in [0.2, 0.25) is 0 Å². The van der Waals surface area contributed by atoms with Gasteiger partial charge in [0, 0.05) is 13.0 Å². The maximum Gasteiger partial charge on any atom is 0.383 e. The highest BCUT2D eigenvalue weighted by Gasteiger charge is 2.19. The Morgan fingerprint density at radius 3 is 1.70 bits per heavy atom. The van der Waals surface area contributed by atoms with Gasteiger partial charge in [-0.3, -0.25) is 4.79 Å². The van der Waals surface area contributed by atoms with Crippen LogP contribution in [0.25, 0.3) is 11.0 Å². The minimum atomic E-state index is -0.571. The van der Waals surface area contributed by atoms with Crippen molar-refractivity contribution < 1.29 is 23.4 Å². The molecule has 0 fully saturated rings. The molecule has 0 radical (unpaired) electrons. The number of ether oxygens (including phenoxy) is 3. The molecule has 2 rings (SSSR count). The van der Waals surface area contributed by atoms with Gasteiger partial charge in [0.15, 0.2) is 5.75 Å². The van der Waals surface area contributed by atoms with E-state index in [4.69, 9.17) is 18.6 Å². The Kier molecular flexibility index (Phi) is 15.5. The highest BCUT2D eigenvalue weighted by Crippen LogP contribution is 2.35. The van der Waals surface area contributed by atoms with Gasteiger partial charge in [0.2, 0.25) is 5.75 Å². The summed E-state index contributed by atoms with van der Waals surface area (Å²) in [6, 6.07) is 4.97. The zero-order valence-corrected chi connectivity index (χ0v) is 23.4. The number of carbonyl (C=O) groups is 1. The highest BCUT2D eigenvalue weighted by molar-refractivity contribution is 5.87. The van der Waals surface area contributed by atoms with Crippen LogP contribution in [-0.4, -0.2) is 19.2 Å². The molecule has 0 saturated carbocycles. The molecule has 2 aromatic rings. The molecular formula is C31H48O6. The number of carbonyl (C=O) groups excluding carboxylic acids is 1. The maximum absolute atomic E-state index is 12.8. The summed E-state index contributed by atoms with van der Waals surface area (Å²) in [6.07, 6.45) is 19.2. The van der Waals surface area contributed by atoms with E-state index in [1.807, 2.05) is 0 Å². The highest BCUT2D eigenvalue weighted by atomic mass is 16.5. The van der Waals surface area contributed by atoms with Crippen molar-refractivity contribution >= 4 is 16.9 Å². The molecule has 0 saturated heterocycles. The van der Waals surface area contributed by atoms with Gasteiger partial charge in [-0.25, -0.2) is 4.79 Å². The molecule has 0 atom stereocenters. The molecule has 0 N–H and O–H groups in total. The van der Waals surface area contributed by atoms with Crippen LogP contribution in [-0.2, 0) is 4.79 Å². The fraction of sp³-hybridized carbons (Fsp3) is 0.677. The average molecular weight is 517 g/mol. The van der Waals surface area contributed by atoms with E-state index in [0.717, 1.165) is 25.7 Å². The number of rotatable bonds is 21. The molecule has 0 unspecified atom stereocenters. The zero-order valence-electron chi connectivity index (χ0n) is 23.4. The molecule has 1 heterocycles. The summed E-state index contributed by atoms with van der Waals surface area (Å²) >= 11 is 0. The van der Waals surface area contributed by atoms with Crippen molar-refractivity contribution in [2.45, 2.75) is 124 Å². The summed E-state index contributed by atoms with van der Waals surface area (Å²) in [5.74, 6) is 0.446. The first-order chi connectivity index (χ1) is 18.1. The maximum atomic E-state index is 12.8. The largest absolute Gasteiger partial charge is 0.489 e. The van der Waals surface area contributed by atoms with E-state index in [2.05, 4.69) is 13.8 Å². The van der Waals surface area contributed by atoms with E-state index in [1.54, 1.807) is 18.2 Å². The third-order valence-electron chi connectivity index (χ3n) is 6.54. The number of benzene rings is 1. The smallest absolute Gasteiger partial charge is 0.383 e. The lowest BCUT2D eigenvalue weighted by atomic mass is 10.1. The van der Waals surface area contributed by atoms with Crippen molar-refractivity contribution in [3.63, 3.8) is 0 Å². The first kappa shape index (κ1) is 30.7. The van der Waals surface area contributed by atoms with Gasteiger partial charge in [-0.15, -0.1) is 0 Å². The predicted octanol–water partition coefficient (Wildman–Crippen LogP) is 8.76. The van der Waals surface area contributed by atoms with Crippen LogP contribution < -0.4 is 19.8 Å². The monoisotopic (exact) mass is 516 g/mol. The molecule has 6 heteroatoms. The van der Waals surface area contributed by atoms with Gasteiger partial charge < -0.3 is 18.6 Å². The Bertz CT molecular complexity index is 964. The molecule has 0 aliphatic heterocycles. The molecule has 0 bridgehead atoms. The van der Waals surface area contributed by atoms with Crippen LogP contribution in [0.4, 0.5) is 0 Å². The summed E-state index contributed by atoms with van der Waals surface area (Å²) < 4.78 is 22.8. The molecule has 208 valence electrons. The Morgan fingerprint density at radius 1 is 0.703 bits per heavy atom. The quantitative estimate of drug-likeness (QED) is 0.0714. The second-order valence-corrected chi connectivity index (χ2v) is 9.95. The van der Waals surface area contributed by atoms with Gasteiger partial charge >= 0.3 is 11.6 Å². The Labute approximate surface area is 223 Å². The minimum Gasteiger partial charge on any atom is -0.489 e. The predicted molar refractivity (Wildman–Crippen MR) is 150 cm³/mol. The second kappa shape index (κ2) is 18.7. The van der Waals surface area contributed by atoms with Crippen LogP contribution in [0.15, 0.2) is 27.4 Å². The summed E-state index contributed by atoms with van der Waals surface area (Å²) in [6.45, 7) is 6.75. The van der Waals surface area contributed by atoms with Crippen molar-refractivity contribution in [1.29, 1.82) is 0 Å². The van der Waals surface area contributed by atoms with Gasteiger partial charge in [0.25, 0.3) is 0 Å². The van der Waals surface area contributed by atoms with Crippen molar-refractivity contribution in [3.05, 3.63) is 28.6 Å². The molecule has 1 aromatic heterocycles. The lowest BCUT2D eigenvalue weighted by Gasteiger charge is -2.14. The molecule has 1 aromatic carbocycles. The summed E-state index contributed by atoms with van der Waals surface area (Å²) in [5, 5.41) is 0.640. The van der Waals surface area contributed by atoms with Gasteiger partial charge in [-0.1, -0.05) is 104 Å². The molecule has 0 aliphatic rings. The molecular weight excluding hydrogens is 468 g/mol. The van der Waals surface area contributed by atoms with E-state index in [-0.39, 0.29) is 5.75 Å². The molecule has 0 spiro atoms. The molecule has 6 nitrogen and oxygen atoms in total. The lowest BCUT2D eigenvalue weighted by Crippen LogP contribution is -2.12. The topological polar surface area (TPSA) is 75.0 Å². The summed E-state index contributed by atoms with van der Waals surface area (Å²) in [5.41, 5.74) is -0.257. The van der Waals surface area contributed by atoms with Gasteiger partial charge in [0.05, 0.1) is 18.6 Å². The molecule has 37 heavy (non-hydrogen) atoms. The van der Waals surface area contributed by atoms with E-state index in [1.165, 1.54) is 84.0 Å². The number of hydrogen-bond acceptors (Lipinski definition) is 6. The van der Waals surface area contributed by atoms with Crippen molar-refractivity contribution in [1.82, 2.24) is 0 Å². The Balaban J connectivity index is 1.98. The number of esters is 1. The van der Waals surface area contributed by atoms with Crippen molar-refractivity contribution in [2.24, 2.45) is 0 Å². The molecule has 0 amide bonds. The Hall–Kier alpha value is -2.50. The lowest BCUT2D eigenvalue weighted by molar-refractivity contribution is -0.131. The first-order valence-electron chi connectivity index (χ1n) is 14.6. The van der Waals surface area contributed by atoms with Gasteiger partial charge in [0.1, 0.15) is 11.3 Å². The minimum absolute atomic E-state index is 0.134. The van der Waals surface area contributed by atoms with Crippen LogP contribution in [0.3, 0.4) is 0 Å². The van der Waals surface area contributed by atoms with E-state index < -0.39 is 11.6 Å². The fourth-order valence-corrected chi connectivity index (χ4v) is 4.45. The van der Waals surface area contributed by atoms with Crippen LogP contribution in [0, 0.1) is 0 Å². The van der Waals surface area contributed by atoms with E-state index in [9.17, 15) is 9.59 Å². The fourth-order valence-electron chi connectivity index (χ4n) is 4.45. The average Bonchev–Trinajstić information content (AvgIpc) is 2.87.